The van der Waals surface area contributed by atoms with Gasteiger partial charge in [0.1, 0.15) is 5.82 Å². The molecule has 0 fully saturated rings. The number of imidazole rings is 1. The highest BCUT2D eigenvalue weighted by Gasteiger charge is 2.23. The number of aryl methyl sites for hydroxylation is 2. The Kier molecular flexibility index (Phi) is 5.16. The summed E-state index contributed by atoms with van der Waals surface area (Å²) >= 11 is 0. The van der Waals surface area contributed by atoms with Gasteiger partial charge < -0.3 is 15.2 Å². The Hall–Kier alpha value is -2.63. The highest BCUT2D eigenvalue weighted by molar-refractivity contribution is 5.79. The van der Waals surface area contributed by atoms with Crippen LogP contribution in [0.2, 0.25) is 0 Å². The van der Waals surface area contributed by atoms with Gasteiger partial charge in [0.15, 0.2) is 0 Å². The lowest BCUT2D eigenvalue weighted by Crippen LogP contribution is -2.42. The summed E-state index contributed by atoms with van der Waals surface area (Å²) in [5.74, 6) is 0.883. The minimum absolute atomic E-state index is 0.0482. The Bertz CT molecular complexity index is 751. The highest BCUT2D eigenvalue weighted by Crippen LogP contribution is 2.19. The predicted molar refractivity (Wildman–Crippen MR) is 94.8 cm³/mol. The summed E-state index contributed by atoms with van der Waals surface area (Å²) in [4.78, 5) is 28.3. The van der Waals surface area contributed by atoms with E-state index in [2.05, 4.69) is 20.2 Å². The minimum Gasteiger partial charge on any atom is -0.351 e. The van der Waals surface area contributed by atoms with Crippen LogP contribution < -0.4 is 10.6 Å². The van der Waals surface area contributed by atoms with E-state index in [0.29, 0.717) is 0 Å². The van der Waals surface area contributed by atoms with E-state index in [1.54, 1.807) is 6.20 Å². The molecule has 2 heterocycles. The summed E-state index contributed by atoms with van der Waals surface area (Å²) in [5.41, 5.74) is 2.09. The molecule has 0 spiro atoms. The zero-order chi connectivity index (χ0) is 17.8. The molecule has 2 N–H and O–H groups in total. The molecule has 1 aliphatic rings. The second kappa shape index (κ2) is 7.51. The number of rotatable bonds is 5. The van der Waals surface area contributed by atoms with E-state index >= 15 is 0 Å². The van der Waals surface area contributed by atoms with Gasteiger partial charge in [-0.05, 0) is 18.9 Å². The van der Waals surface area contributed by atoms with Gasteiger partial charge in [0, 0.05) is 38.3 Å². The third-order valence-electron chi connectivity index (χ3n) is 4.55. The van der Waals surface area contributed by atoms with Crippen LogP contribution in [0.1, 0.15) is 42.8 Å². The van der Waals surface area contributed by atoms with Crippen molar-refractivity contribution >= 4 is 11.8 Å². The fourth-order valence-electron chi connectivity index (χ4n) is 3.25. The molecule has 6 nitrogen and oxygen atoms in total. The van der Waals surface area contributed by atoms with Crippen LogP contribution in [-0.2, 0) is 22.6 Å². The first kappa shape index (κ1) is 17.2. The monoisotopic (exact) mass is 340 g/mol. The molecule has 0 saturated carbocycles. The van der Waals surface area contributed by atoms with Crippen LogP contribution in [0.5, 0.6) is 0 Å². The van der Waals surface area contributed by atoms with E-state index < -0.39 is 0 Å². The molecule has 3 rings (SSSR count). The third-order valence-corrected chi connectivity index (χ3v) is 4.55. The molecule has 2 atom stereocenters. The van der Waals surface area contributed by atoms with Gasteiger partial charge in [-0.3, -0.25) is 9.59 Å². The molecule has 1 aromatic heterocycles. The third kappa shape index (κ3) is 4.47. The number of nitrogens with one attached hydrogen (secondary N) is 2. The molecule has 0 bridgehead atoms. The largest absolute Gasteiger partial charge is 0.351 e. The molecule has 25 heavy (non-hydrogen) atoms. The Morgan fingerprint density at radius 3 is 2.80 bits per heavy atom. The van der Waals surface area contributed by atoms with Crippen LogP contribution in [0.3, 0.4) is 0 Å². The predicted octanol–water partition coefficient (Wildman–Crippen LogP) is 1.89. The molecule has 132 valence electrons. The number of hydrogen-bond donors (Lipinski definition) is 2. The van der Waals surface area contributed by atoms with Gasteiger partial charge in [0.2, 0.25) is 11.8 Å². The molecule has 2 aromatic rings. The molecule has 6 heteroatoms. The summed E-state index contributed by atoms with van der Waals surface area (Å²) in [6.07, 6.45) is 5.73. The first-order valence-corrected chi connectivity index (χ1v) is 8.64. The van der Waals surface area contributed by atoms with E-state index in [1.807, 2.05) is 37.4 Å². The van der Waals surface area contributed by atoms with Crippen LogP contribution >= 0.6 is 0 Å². The van der Waals surface area contributed by atoms with Crippen molar-refractivity contribution in [2.75, 3.05) is 0 Å². The van der Waals surface area contributed by atoms with E-state index in [0.717, 1.165) is 36.3 Å². The second-order valence-electron chi connectivity index (χ2n) is 6.67. The smallest absolute Gasteiger partial charge is 0.222 e. The normalized spacial score (nSPS) is 17.4. The van der Waals surface area contributed by atoms with Gasteiger partial charge in [-0.15, -0.1) is 0 Å². The quantitative estimate of drug-likeness (QED) is 0.873. The molecule has 2 amide bonds. The average molecular weight is 340 g/mol. The molecular formula is C19H24N4O2. The van der Waals surface area contributed by atoms with Crippen LogP contribution in [0.15, 0.2) is 36.7 Å². The first-order valence-electron chi connectivity index (χ1n) is 8.64. The number of fused-ring (bicyclic) bond motifs is 1. The van der Waals surface area contributed by atoms with Crippen LogP contribution in [-0.4, -0.2) is 27.4 Å². The van der Waals surface area contributed by atoms with Gasteiger partial charge in [0.05, 0.1) is 12.5 Å². The number of amides is 2. The van der Waals surface area contributed by atoms with Gasteiger partial charge >= 0.3 is 0 Å². The lowest BCUT2D eigenvalue weighted by Gasteiger charge is -2.26. The number of hydrogen-bond acceptors (Lipinski definition) is 3. The van der Waals surface area contributed by atoms with Crippen molar-refractivity contribution in [3.8, 4) is 0 Å². The summed E-state index contributed by atoms with van der Waals surface area (Å²) in [6.45, 7) is 4.23. The minimum atomic E-state index is -0.314. The van der Waals surface area contributed by atoms with Crippen molar-refractivity contribution in [3.63, 3.8) is 0 Å². The molecule has 0 saturated heterocycles. The standard InChI is InChI=1S/C19H24N4O2/c1-13-3-5-15(6-4-13)17(21-14(2)24)11-19(25)22-16-7-8-18-20-9-10-23(18)12-16/h3-6,9-10,16-17H,7-8,11-12H2,1-2H3,(H,21,24)(H,22,25)/t16-,17+/m0/s1. The van der Waals surface area contributed by atoms with Gasteiger partial charge in [0.25, 0.3) is 0 Å². The van der Waals surface area contributed by atoms with E-state index in [1.165, 1.54) is 6.92 Å². The summed E-state index contributed by atoms with van der Waals surface area (Å²) < 4.78 is 2.08. The highest BCUT2D eigenvalue weighted by atomic mass is 16.2. The topological polar surface area (TPSA) is 76.0 Å². The van der Waals surface area contributed by atoms with Crippen molar-refractivity contribution in [2.45, 2.75) is 51.7 Å². The number of nitrogens with zero attached hydrogens (tertiary/aromatic N) is 2. The molecule has 1 aromatic carbocycles. The van der Waals surface area contributed by atoms with Crippen molar-refractivity contribution < 1.29 is 9.59 Å². The number of benzene rings is 1. The Morgan fingerprint density at radius 2 is 2.08 bits per heavy atom. The summed E-state index contributed by atoms with van der Waals surface area (Å²) in [5, 5.41) is 5.98. The molecule has 1 aliphatic heterocycles. The van der Waals surface area contributed by atoms with Crippen LogP contribution in [0.4, 0.5) is 0 Å². The fraction of sp³-hybridized carbons (Fsp3) is 0.421. The van der Waals surface area contributed by atoms with Gasteiger partial charge in [-0.2, -0.15) is 0 Å². The summed E-state index contributed by atoms with van der Waals surface area (Å²) in [7, 11) is 0. The number of aromatic nitrogens is 2. The maximum atomic E-state index is 12.5. The molecule has 0 unspecified atom stereocenters. The summed E-state index contributed by atoms with van der Waals surface area (Å²) in [6, 6.07) is 7.69. The van der Waals surface area contributed by atoms with E-state index in [4.69, 9.17) is 0 Å². The van der Waals surface area contributed by atoms with E-state index in [-0.39, 0.29) is 30.3 Å². The van der Waals surface area contributed by atoms with Crippen LogP contribution in [0, 0.1) is 6.92 Å². The molecule has 0 aliphatic carbocycles. The van der Waals surface area contributed by atoms with Crippen molar-refractivity contribution in [1.29, 1.82) is 0 Å². The SMILES string of the molecule is CC(=O)N[C@H](CC(=O)N[C@H]1CCc2nccn2C1)c1ccc(C)cc1. The van der Waals surface area contributed by atoms with Crippen molar-refractivity contribution in [1.82, 2.24) is 20.2 Å². The van der Waals surface area contributed by atoms with Gasteiger partial charge in [-0.25, -0.2) is 4.98 Å². The lowest BCUT2D eigenvalue weighted by atomic mass is 10.0. The maximum Gasteiger partial charge on any atom is 0.222 e. The Labute approximate surface area is 147 Å². The van der Waals surface area contributed by atoms with Gasteiger partial charge in [-0.1, -0.05) is 29.8 Å². The molecular weight excluding hydrogens is 316 g/mol. The number of carbonyl (C=O) groups excluding carboxylic acids is 2. The van der Waals surface area contributed by atoms with E-state index in [9.17, 15) is 9.59 Å². The van der Waals surface area contributed by atoms with Crippen molar-refractivity contribution in [2.24, 2.45) is 0 Å². The second-order valence-corrected chi connectivity index (χ2v) is 6.67. The fourth-order valence-corrected chi connectivity index (χ4v) is 3.25. The first-order chi connectivity index (χ1) is 12.0. The zero-order valence-corrected chi connectivity index (χ0v) is 14.7. The lowest BCUT2D eigenvalue weighted by molar-refractivity contribution is -0.123. The Balaban J connectivity index is 1.62. The number of carbonyl (C=O) groups is 2. The zero-order valence-electron chi connectivity index (χ0n) is 14.7. The van der Waals surface area contributed by atoms with Crippen LogP contribution in [0.25, 0.3) is 0 Å². The van der Waals surface area contributed by atoms with Crippen molar-refractivity contribution in [3.05, 3.63) is 53.6 Å². The maximum absolute atomic E-state index is 12.5. The molecule has 0 radical (unpaired) electrons. The average Bonchev–Trinajstić information content (AvgIpc) is 3.02. The Morgan fingerprint density at radius 1 is 1.32 bits per heavy atom.